The van der Waals surface area contributed by atoms with E-state index < -0.39 is 22.0 Å². The van der Waals surface area contributed by atoms with Gasteiger partial charge in [-0.3, -0.25) is 9.69 Å². The van der Waals surface area contributed by atoms with Crippen molar-refractivity contribution < 1.29 is 22.7 Å². The second-order valence-corrected chi connectivity index (χ2v) is 8.02. The predicted octanol–water partition coefficient (Wildman–Crippen LogP) is 0.371. The zero-order valence-corrected chi connectivity index (χ0v) is 14.3. The maximum Gasteiger partial charge on any atom is 0.414 e. The second kappa shape index (κ2) is 5.97. The fraction of sp³-hybridized carbons (Fsp3) is 0.467. The number of anilines is 2. The number of carbonyl (C=O) groups is 2. The van der Waals surface area contributed by atoms with Crippen LogP contribution in [-0.4, -0.2) is 59.0 Å². The Labute approximate surface area is 140 Å². The van der Waals surface area contributed by atoms with Gasteiger partial charge in [0.2, 0.25) is 5.91 Å². The third-order valence-corrected chi connectivity index (χ3v) is 5.87. The van der Waals surface area contributed by atoms with Crippen molar-refractivity contribution in [2.75, 3.05) is 42.2 Å². The number of rotatable bonds is 3. The number of cyclic esters (lactones) is 1. The molecule has 1 saturated heterocycles. The normalized spacial score (nSPS) is 22.1. The first-order valence-electron chi connectivity index (χ1n) is 7.58. The predicted molar refractivity (Wildman–Crippen MR) is 88.1 cm³/mol. The van der Waals surface area contributed by atoms with Gasteiger partial charge in [0.05, 0.1) is 29.4 Å². The molecule has 9 heteroatoms. The van der Waals surface area contributed by atoms with Crippen LogP contribution >= 0.6 is 0 Å². The van der Waals surface area contributed by atoms with Crippen LogP contribution in [0.1, 0.15) is 6.92 Å². The summed E-state index contributed by atoms with van der Waals surface area (Å²) < 4.78 is 29.8. The highest BCUT2D eigenvalue weighted by Gasteiger charge is 2.34. The molecule has 0 aliphatic carbocycles. The van der Waals surface area contributed by atoms with Crippen LogP contribution < -0.4 is 15.1 Å². The minimum Gasteiger partial charge on any atom is -0.442 e. The zero-order valence-electron chi connectivity index (χ0n) is 13.5. The summed E-state index contributed by atoms with van der Waals surface area (Å²) in [5.74, 6) is -0.150. The Hall–Kier alpha value is -2.29. The van der Waals surface area contributed by atoms with Gasteiger partial charge in [-0.1, -0.05) is 0 Å². The quantitative estimate of drug-likeness (QED) is 0.843. The molecule has 0 spiro atoms. The van der Waals surface area contributed by atoms with Crippen LogP contribution in [0, 0.1) is 0 Å². The first-order valence-corrected chi connectivity index (χ1v) is 9.24. The van der Waals surface area contributed by atoms with Gasteiger partial charge in [-0.15, -0.1) is 0 Å². The molecule has 2 heterocycles. The maximum atomic E-state index is 12.3. The largest absolute Gasteiger partial charge is 0.442 e. The van der Waals surface area contributed by atoms with E-state index in [1.54, 1.807) is 12.1 Å². The molecule has 0 unspecified atom stereocenters. The lowest BCUT2D eigenvalue weighted by molar-refractivity contribution is -0.119. The summed E-state index contributed by atoms with van der Waals surface area (Å²) in [7, 11) is -1.52. The van der Waals surface area contributed by atoms with Gasteiger partial charge in [-0.05, 0) is 18.2 Å². The van der Waals surface area contributed by atoms with E-state index >= 15 is 0 Å². The molecular formula is C15H19N3O5S. The lowest BCUT2D eigenvalue weighted by Crippen LogP contribution is -2.34. The lowest BCUT2D eigenvalue weighted by Gasteiger charge is -2.28. The molecule has 0 bridgehead atoms. The number of ether oxygens (including phenoxy) is 1. The molecular weight excluding hydrogens is 334 g/mol. The van der Waals surface area contributed by atoms with Crippen molar-refractivity contribution >= 4 is 33.2 Å². The Bertz CT molecular complexity index is 792. The summed E-state index contributed by atoms with van der Waals surface area (Å²) >= 11 is 0. The van der Waals surface area contributed by atoms with E-state index in [0.717, 1.165) is 0 Å². The number of sulfone groups is 1. The number of carbonyl (C=O) groups excluding carboxylic acids is 2. The summed E-state index contributed by atoms with van der Waals surface area (Å²) in [6.45, 7) is 2.32. The molecule has 1 atom stereocenters. The highest BCUT2D eigenvalue weighted by atomic mass is 32.2. The minimum absolute atomic E-state index is 0.0511. The fourth-order valence-electron chi connectivity index (χ4n) is 2.82. The third kappa shape index (κ3) is 3.03. The number of nitrogens with zero attached hydrogens (tertiary/aromatic N) is 2. The summed E-state index contributed by atoms with van der Waals surface area (Å²) in [5.41, 5.74) is 1.11. The van der Waals surface area contributed by atoms with Crippen LogP contribution in [0.15, 0.2) is 23.1 Å². The Morgan fingerprint density at radius 3 is 2.88 bits per heavy atom. The molecule has 8 nitrogen and oxygen atoms in total. The smallest absolute Gasteiger partial charge is 0.414 e. The standard InChI is InChI=1S/C15H19N3O5S/c1-10(19)16-8-12-9-18(15(20)23-12)11-3-4-13-14(7-11)24(21,22)6-5-17(13)2/h3-4,7,12H,5-6,8-9H2,1-2H3,(H,16,19)/t12-/m0/s1. The number of hydrogen-bond acceptors (Lipinski definition) is 6. The Balaban J connectivity index is 1.86. The third-order valence-electron chi connectivity index (χ3n) is 4.15. The van der Waals surface area contributed by atoms with Crippen molar-refractivity contribution in [2.24, 2.45) is 0 Å². The van der Waals surface area contributed by atoms with Crippen molar-refractivity contribution in [3.05, 3.63) is 18.2 Å². The van der Waals surface area contributed by atoms with Gasteiger partial charge in [-0.25, -0.2) is 13.2 Å². The SMILES string of the molecule is CC(=O)NC[C@H]1CN(c2ccc3c(c2)S(=O)(=O)CCN3C)C(=O)O1. The summed E-state index contributed by atoms with van der Waals surface area (Å²) in [6.07, 6.45) is -1.01. The van der Waals surface area contributed by atoms with Crippen molar-refractivity contribution in [3.63, 3.8) is 0 Å². The number of amides is 2. The first-order chi connectivity index (χ1) is 11.3. The summed E-state index contributed by atoms with van der Waals surface area (Å²) in [6, 6.07) is 4.93. The molecule has 1 aromatic carbocycles. The molecule has 0 radical (unpaired) electrons. The molecule has 24 heavy (non-hydrogen) atoms. The van der Waals surface area contributed by atoms with Gasteiger partial charge in [0, 0.05) is 26.2 Å². The average molecular weight is 353 g/mol. The highest BCUT2D eigenvalue weighted by molar-refractivity contribution is 7.91. The molecule has 0 saturated carbocycles. The van der Waals surface area contributed by atoms with Crippen molar-refractivity contribution in [1.82, 2.24) is 5.32 Å². The molecule has 0 aromatic heterocycles. The van der Waals surface area contributed by atoms with Crippen LogP contribution in [0.5, 0.6) is 0 Å². The molecule has 3 rings (SSSR count). The van der Waals surface area contributed by atoms with Crippen LogP contribution in [0.3, 0.4) is 0 Å². The maximum absolute atomic E-state index is 12.3. The molecule has 130 valence electrons. The van der Waals surface area contributed by atoms with E-state index in [9.17, 15) is 18.0 Å². The van der Waals surface area contributed by atoms with E-state index in [0.29, 0.717) is 17.9 Å². The number of fused-ring (bicyclic) bond motifs is 1. The van der Waals surface area contributed by atoms with Gasteiger partial charge in [-0.2, -0.15) is 0 Å². The lowest BCUT2D eigenvalue weighted by atomic mass is 10.2. The van der Waals surface area contributed by atoms with Gasteiger partial charge < -0.3 is 15.0 Å². The Kier molecular flexibility index (Phi) is 4.12. The number of hydrogen-bond donors (Lipinski definition) is 1. The van der Waals surface area contributed by atoms with Crippen LogP contribution in [0.2, 0.25) is 0 Å². The van der Waals surface area contributed by atoms with E-state index in [2.05, 4.69) is 5.32 Å². The van der Waals surface area contributed by atoms with Crippen LogP contribution in [0.4, 0.5) is 16.2 Å². The van der Waals surface area contributed by atoms with Crippen molar-refractivity contribution in [1.29, 1.82) is 0 Å². The molecule has 1 aromatic rings. The Morgan fingerprint density at radius 2 is 2.17 bits per heavy atom. The first kappa shape index (κ1) is 16.6. The fourth-order valence-corrected chi connectivity index (χ4v) is 4.40. The van der Waals surface area contributed by atoms with Crippen LogP contribution in [0.25, 0.3) is 0 Å². The average Bonchev–Trinajstić information content (AvgIpc) is 2.90. The molecule has 2 amide bonds. The second-order valence-electron chi connectivity index (χ2n) is 5.95. The van der Waals surface area contributed by atoms with E-state index in [-0.39, 0.29) is 29.6 Å². The van der Waals surface area contributed by atoms with Crippen LogP contribution in [-0.2, 0) is 19.4 Å². The molecule has 2 aliphatic rings. The number of benzene rings is 1. The van der Waals surface area contributed by atoms with Gasteiger partial charge in [0.1, 0.15) is 6.10 Å². The van der Waals surface area contributed by atoms with Gasteiger partial charge in [0.15, 0.2) is 9.84 Å². The van der Waals surface area contributed by atoms with E-state index in [1.807, 2.05) is 11.9 Å². The van der Waals surface area contributed by atoms with Gasteiger partial charge >= 0.3 is 6.09 Å². The summed E-state index contributed by atoms with van der Waals surface area (Å²) in [4.78, 5) is 26.5. The van der Waals surface area contributed by atoms with E-state index in [4.69, 9.17) is 4.74 Å². The van der Waals surface area contributed by atoms with E-state index in [1.165, 1.54) is 17.9 Å². The molecule has 2 aliphatic heterocycles. The van der Waals surface area contributed by atoms with Crippen molar-refractivity contribution in [2.45, 2.75) is 17.9 Å². The minimum atomic E-state index is -3.36. The Morgan fingerprint density at radius 1 is 1.42 bits per heavy atom. The monoisotopic (exact) mass is 353 g/mol. The molecule has 1 fully saturated rings. The van der Waals surface area contributed by atoms with Crippen molar-refractivity contribution in [3.8, 4) is 0 Å². The molecule has 1 N–H and O–H groups in total. The number of nitrogens with one attached hydrogen (secondary N) is 1. The van der Waals surface area contributed by atoms with Gasteiger partial charge in [0.25, 0.3) is 0 Å². The highest BCUT2D eigenvalue weighted by Crippen LogP contribution is 2.34. The summed E-state index contributed by atoms with van der Waals surface area (Å²) in [5, 5.41) is 2.60. The topological polar surface area (TPSA) is 96.0 Å². The zero-order chi connectivity index (χ0) is 17.5.